The number of allylic oxidation sites excluding steroid dienone is 1. The van der Waals surface area contributed by atoms with Gasteiger partial charge < -0.3 is 20.0 Å². The van der Waals surface area contributed by atoms with E-state index in [-0.39, 0.29) is 18.4 Å². The summed E-state index contributed by atoms with van der Waals surface area (Å²) in [5.74, 6) is -0.679. The van der Waals surface area contributed by atoms with Gasteiger partial charge in [-0.3, -0.25) is 14.3 Å². The second-order valence-corrected chi connectivity index (χ2v) is 12.1. The van der Waals surface area contributed by atoms with E-state index in [1.807, 2.05) is 72.6 Å². The van der Waals surface area contributed by atoms with E-state index in [0.717, 1.165) is 53.6 Å². The van der Waals surface area contributed by atoms with E-state index in [0.29, 0.717) is 43.6 Å². The van der Waals surface area contributed by atoms with Crippen LogP contribution in [0.4, 0.5) is 11.4 Å². The lowest BCUT2D eigenvalue weighted by Gasteiger charge is -2.28. The Morgan fingerprint density at radius 1 is 1.10 bits per heavy atom. The zero-order chi connectivity index (χ0) is 29.7. The molecule has 3 heterocycles. The van der Waals surface area contributed by atoms with Crippen LogP contribution in [0.5, 0.6) is 0 Å². The van der Waals surface area contributed by atoms with Crippen molar-refractivity contribution in [1.82, 2.24) is 15.0 Å². The molecule has 2 aliphatic rings. The fourth-order valence-corrected chi connectivity index (χ4v) is 6.16. The SMILES string of the molecule is C[C@@H](/C=C/CCn1cc(CCO)nn1)[C@]1(O)C(=O)N(Cc2ccc(N3CCCCCCC3=O)cc2)c2ccc(Br)cc21. The van der Waals surface area contributed by atoms with Crippen LogP contribution in [0.1, 0.15) is 62.3 Å². The summed E-state index contributed by atoms with van der Waals surface area (Å²) in [5.41, 5.74) is 2.09. The summed E-state index contributed by atoms with van der Waals surface area (Å²) in [6.07, 6.45) is 11.5. The van der Waals surface area contributed by atoms with Crippen molar-refractivity contribution in [3.63, 3.8) is 0 Å². The molecule has 1 saturated heterocycles. The number of aliphatic hydroxyl groups is 2. The number of aliphatic hydroxyl groups excluding tert-OH is 1. The maximum Gasteiger partial charge on any atom is 0.264 e. The standard InChI is InChI=1S/C32H38BrN5O4/c1-23(8-5-7-17-36-22-26(16-19-39)34-35-36)32(42)28-20-25(33)12-15-29(28)38(31(32)41)21-24-10-13-27(14-11-24)37-18-6-3-2-4-9-30(37)40/h5,8,10-15,20,22-23,39,42H,2-4,6-7,9,16-19,21H2,1H3/b8-5+/t23-,32+/m0/s1. The van der Waals surface area contributed by atoms with Gasteiger partial charge in [0.15, 0.2) is 5.60 Å². The Bertz CT molecular complexity index is 1440. The molecule has 222 valence electrons. The third-order valence-electron chi connectivity index (χ3n) is 8.21. The first-order chi connectivity index (χ1) is 20.3. The number of hydrogen-bond acceptors (Lipinski definition) is 6. The van der Waals surface area contributed by atoms with Crippen molar-refractivity contribution < 1.29 is 19.8 Å². The van der Waals surface area contributed by atoms with E-state index in [9.17, 15) is 14.7 Å². The van der Waals surface area contributed by atoms with Gasteiger partial charge in [-0.1, -0.05) is 65.2 Å². The first-order valence-electron chi connectivity index (χ1n) is 14.7. The molecule has 2 amide bonds. The van der Waals surface area contributed by atoms with Gasteiger partial charge in [-0.05, 0) is 55.2 Å². The molecule has 5 rings (SSSR count). The quantitative estimate of drug-likeness (QED) is 0.307. The van der Waals surface area contributed by atoms with Crippen LogP contribution in [-0.4, -0.2) is 50.2 Å². The summed E-state index contributed by atoms with van der Waals surface area (Å²) < 4.78 is 2.51. The largest absolute Gasteiger partial charge is 0.396 e. The predicted molar refractivity (Wildman–Crippen MR) is 165 cm³/mol. The molecule has 3 aromatic rings. The summed E-state index contributed by atoms with van der Waals surface area (Å²) in [4.78, 5) is 30.1. The highest BCUT2D eigenvalue weighted by Crippen LogP contribution is 2.46. The van der Waals surface area contributed by atoms with Crippen molar-refractivity contribution in [2.24, 2.45) is 5.92 Å². The molecule has 1 fully saturated rings. The van der Waals surface area contributed by atoms with Gasteiger partial charge in [-0.25, -0.2) is 0 Å². The molecular weight excluding hydrogens is 598 g/mol. The summed E-state index contributed by atoms with van der Waals surface area (Å²) in [6.45, 7) is 3.52. The van der Waals surface area contributed by atoms with Gasteiger partial charge in [-0.15, -0.1) is 5.10 Å². The van der Waals surface area contributed by atoms with Gasteiger partial charge in [0.25, 0.3) is 5.91 Å². The van der Waals surface area contributed by atoms with Gasteiger partial charge in [0.1, 0.15) is 0 Å². The zero-order valence-electron chi connectivity index (χ0n) is 24.0. The normalized spacial score (nSPS) is 20.2. The number of fused-ring (bicyclic) bond motifs is 1. The minimum absolute atomic E-state index is 0.0300. The fraction of sp³-hybridized carbons (Fsp3) is 0.438. The van der Waals surface area contributed by atoms with Gasteiger partial charge >= 0.3 is 0 Å². The van der Waals surface area contributed by atoms with E-state index in [2.05, 4.69) is 26.2 Å². The Morgan fingerprint density at radius 2 is 1.88 bits per heavy atom. The van der Waals surface area contributed by atoms with Crippen LogP contribution >= 0.6 is 15.9 Å². The first-order valence-corrected chi connectivity index (χ1v) is 15.5. The molecule has 10 heteroatoms. The van der Waals surface area contributed by atoms with Crippen LogP contribution in [0.3, 0.4) is 0 Å². The van der Waals surface area contributed by atoms with E-state index in [4.69, 9.17) is 5.11 Å². The van der Waals surface area contributed by atoms with Gasteiger partial charge in [0.05, 0.1) is 17.9 Å². The van der Waals surface area contributed by atoms with E-state index in [1.54, 1.807) is 9.58 Å². The molecule has 0 radical (unpaired) electrons. The fourth-order valence-electron chi connectivity index (χ4n) is 5.80. The number of carbonyl (C=O) groups excluding carboxylic acids is 2. The number of nitrogens with zero attached hydrogens (tertiary/aromatic N) is 5. The van der Waals surface area contributed by atoms with Crippen LogP contribution in [0.2, 0.25) is 0 Å². The molecule has 0 bridgehead atoms. The molecule has 2 aliphatic heterocycles. The van der Waals surface area contributed by atoms with Gasteiger partial charge in [0, 0.05) is 60.4 Å². The van der Waals surface area contributed by atoms with Gasteiger partial charge in [-0.2, -0.15) is 0 Å². The second kappa shape index (κ2) is 13.3. The Kier molecular flexibility index (Phi) is 9.55. The minimum atomic E-state index is -1.71. The van der Waals surface area contributed by atoms with Crippen LogP contribution in [0.25, 0.3) is 0 Å². The average molecular weight is 637 g/mol. The van der Waals surface area contributed by atoms with Crippen molar-refractivity contribution in [3.05, 3.63) is 82.1 Å². The highest BCUT2D eigenvalue weighted by molar-refractivity contribution is 9.10. The topological polar surface area (TPSA) is 112 Å². The molecule has 0 unspecified atom stereocenters. The number of rotatable bonds is 10. The van der Waals surface area contributed by atoms with Crippen molar-refractivity contribution in [1.29, 1.82) is 0 Å². The first kappa shape index (κ1) is 30.1. The van der Waals surface area contributed by atoms with E-state index >= 15 is 0 Å². The third kappa shape index (κ3) is 6.35. The minimum Gasteiger partial charge on any atom is -0.396 e. The number of benzene rings is 2. The Morgan fingerprint density at radius 3 is 2.67 bits per heavy atom. The Labute approximate surface area is 255 Å². The molecule has 2 aromatic carbocycles. The summed E-state index contributed by atoms with van der Waals surface area (Å²) in [6, 6.07) is 13.4. The summed E-state index contributed by atoms with van der Waals surface area (Å²) in [7, 11) is 0. The second-order valence-electron chi connectivity index (χ2n) is 11.1. The molecule has 0 saturated carbocycles. The van der Waals surface area contributed by atoms with Crippen LogP contribution in [0.15, 0.2) is 65.3 Å². The maximum absolute atomic E-state index is 13.9. The van der Waals surface area contributed by atoms with Gasteiger partial charge in [0.2, 0.25) is 5.91 Å². The number of hydrogen-bond donors (Lipinski definition) is 2. The van der Waals surface area contributed by atoms with Crippen LogP contribution in [0, 0.1) is 5.92 Å². The van der Waals surface area contributed by atoms with Crippen LogP contribution < -0.4 is 9.80 Å². The molecular formula is C32H38BrN5O4. The van der Waals surface area contributed by atoms with Crippen molar-refractivity contribution in [2.45, 2.75) is 70.6 Å². The lowest BCUT2D eigenvalue weighted by molar-refractivity contribution is -0.139. The monoisotopic (exact) mass is 635 g/mol. The van der Waals surface area contributed by atoms with Crippen LogP contribution in [-0.2, 0) is 34.7 Å². The number of anilines is 2. The molecule has 42 heavy (non-hydrogen) atoms. The number of carbonyl (C=O) groups is 2. The zero-order valence-corrected chi connectivity index (χ0v) is 25.5. The van der Waals surface area contributed by atoms with E-state index in [1.165, 1.54) is 0 Å². The number of aromatic nitrogens is 3. The molecule has 0 aliphatic carbocycles. The number of amides is 2. The lowest BCUT2D eigenvalue weighted by Crippen LogP contribution is -2.44. The summed E-state index contributed by atoms with van der Waals surface area (Å²) in [5, 5.41) is 29.1. The highest BCUT2D eigenvalue weighted by atomic mass is 79.9. The Balaban J connectivity index is 1.30. The van der Waals surface area contributed by atoms with Crippen molar-refractivity contribution in [3.8, 4) is 0 Å². The molecule has 0 spiro atoms. The Hall–Kier alpha value is -3.34. The molecule has 1 aromatic heterocycles. The predicted octanol–water partition coefficient (Wildman–Crippen LogP) is 4.89. The average Bonchev–Trinajstić information content (AvgIpc) is 3.51. The smallest absolute Gasteiger partial charge is 0.264 e. The van der Waals surface area contributed by atoms with Crippen molar-refractivity contribution in [2.75, 3.05) is 23.0 Å². The lowest BCUT2D eigenvalue weighted by atomic mass is 9.83. The third-order valence-corrected chi connectivity index (χ3v) is 8.70. The van der Waals surface area contributed by atoms with E-state index < -0.39 is 11.5 Å². The maximum atomic E-state index is 13.9. The highest BCUT2D eigenvalue weighted by Gasteiger charge is 2.52. The molecule has 2 N–H and O–H groups in total. The number of halogens is 1. The summed E-state index contributed by atoms with van der Waals surface area (Å²) >= 11 is 3.51. The molecule has 2 atom stereocenters. The molecule has 9 nitrogen and oxygen atoms in total. The van der Waals surface area contributed by atoms with Crippen molar-refractivity contribution >= 4 is 39.1 Å². The number of aryl methyl sites for hydroxylation is 1.